The molecule has 33 heavy (non-hydrogen) atoms. The van der Waals surface area contributed by atoms with E-state index in [9.17, 15) is 9.18 Å². The van der Waals surface area contributed by atoms with Gasteiger partial charge in [0.1, 0.15) is 22.9 Å². The summed E-state index contributed by atoms with van der Waals surface area (Å²) in [4.78, 5) is 13.4. The number of aromatic amines is 1. The minimum atomic E-state index is -0.523. The number of rotatable bonds is 9. The fraction of sp³-hybridized carbons (Fsp3) is 0.417. The minimum Gasteiger partial charge on any atom is -0.493 e. The Morgan fingerprint density at radius 2 is 1.94 bits per heavy atom. The van der Waals surface area contributed by atoms with E-state index < -0.39 is 11.4 Å². The van der Waals surface area contributed by atoms with Crippen molar-refractivity contribution in [3.05, 3.63) is 46.7 Å². The number of ether oxygens (including phenoxy) is 3. The van der Waals surface area contributed by atoms with Gasteiger partial charge < -0.3 is 19.1 Å². The molecule has 2 aromatic carbocycles. The Hall–Kier alpha value is -2.65. The largest absolute Gasteiger partial charge is 0.493 e. The zero-order chi connectivity index (χ0) is 24.0. The highest BCUT2D eigenvalue weighted by Crippen LogP contribution is 2.31. The number of likely N-dealkylation sites (N-methyl/N-ethyl adjacent to an activating group) is 1. The Balaban J connectivity index is 1.41. The number of aromatic nitrogens is 2. The van der Waals surface area contributed by atoms with Gasteiger partial charge >= 0.3 is 6.09 Å². The number of benzene rings is 2. The molecule has 0 aliphatic rings. The molecule has 0 atom stereocenters. The average molecular weight is 522 g/mol. The summed E-state index contributed by atoms with van der Waals surface area (Å²) in [5.74, 6) is 0.0498. The number of halogens is 2. The summed E-state index contributed by atoms with van der Waals surface area (Å²) in [6, 6.07) is 10.5. The normalized spacial score (nSPS) is 11.6. The van der Waals surface area contributed by atoms with Crippen LogP contribution in [0.3, 0.4) is 0 Å². The fourth-order valence-electron chi connectivity index (χ4n) is 3.06. The Bertz CT molecular complexity index is 1100. The van der Waals surface area contributed by atoms with Crippen LogP contribution in [0.2, 0.25) is 0 Å². The van der Waals surface area contributed by atoms with Crippen LogP contribution in [0.15, 0.2) is 40.9 Å². The number of H-pyrrole nitrogens is 1. The van der Waals surface area contributed by atoms with Gasteiger partial charge in [0.2, 0.25) is 0 Å². The second kappa shape index (κ2) is 11.0. The lowest BCUT2D eigenvalue weighted by Gasteiger charge is -2.24. The van der Waals surface area contributed by atoms with Crippen molar-refractivity contribution < 1.29 is 23.4 Å². The lowest BCUT2D eigenvalue weighted by molar-refractivity contribution is 0.0226. The summed E-state index contributed by atoms with van der Waals surface area (Å²) in [7, 11) is 1.67. The van der Waals surface area contributed by atoms with E-state index in [1.165, 1.54) is 11.0 Å². The zero-order valence-corrected chi connectivity index (χ0v) is 20.9. The maximum atomic E-state index is 14.7. The smallest absolute Gasteiger partial charge is 0.410 e. The molecule has 9 heteroatoms. The minimum absolute atomic E-state index is 0.379. The topological polar surface area (TPSA) is 76.7 Å². The molecule has 0 saturated carbocycles. The molecule has 1 amide bonds. The number of carbonyl (C=O) groups is 1. The third-order valence-corrected chi connectivity index (χ3v) is 5.19. The van der Waals surface area contributed by atoms with E-state index in [2.05, 4.69) is 26.1 Å². The number of hydrogen-bond donors (Lipinski definition) is 1. The van der Waals surface area contributed by atoms with E-state index in [4.69, 9.17) is 14.2 Å². The van der Waals surface area contributed by atoms with Gasteiger partial charge in [-0.25, -0.2) is 9.18 Å². The molecule has 1 heterocycles. The molecule has 0 saturated heterocycles. The van der Waals surface area contributed by atoms with Gasteiger partial charge in [0, 0.05) is 48.1 Å². The predicted molar refractivity (Wildman–Crippen MR) is 129 cm³/mol. The first-order valence-electron chi connectivity index (χ1n) is 10.7. The Morgan fingerprint density at radius 3 is 2.67 bits per heavy atom. The van der Waals surface area contributed by atoms with Gasteiger partial charge in [-0.15, -0.1) is 0 Å². The number of fused-ring (bicyclic) bond motifs is 1. The molecular weight excluding hydrogens is 493 g/mol. The average Bonchev–Trinajstić information content (AvgIpc) is 3.14. The summed E-state index contributed by atoms with van der Waals surface area (Å²) in [5.41, 5.74) is 1.28. The number of hydrogen-bond acceptors (Lipinski definition) is 5. The van der Waals surface area contributed by atoms with E-state index >= 15 is 0 Å². The summed E-state index contributed by atoms with van der Waals surface area (Å²) in [6.45, 7) is 7.17. The number of amides is 1. The first-order valence-corrected chi connectivity index (χ1v) is 11.5. The predicted octanol–water partition coefficient (Wildman–Crippen LogP) is 5.78. The van der Waals surface area contributed by atoms with Gasteiger partial charge in [0.25, 0.3) is 0 Å². The molecule has 3 aromatic rings. The summed E-state index contributed by atoms with van der Waals surface area (Å²) >= 11 is 3.42. The van der Waals surface area contributed by atoms with Crippen molar-refractivity contribution in [3.63, 3.8) is 0 Å². The number of carbonyl (C=O) groups excluding carboxylic acids is 1. The van der Waals surface area contributed by atoms with Crippen LogP contribution in [-0.4, -0.2) is 60.2 Å². The van der Waals surface area contributed by atoms with E-state index in [-0.39, 0.29) is 6.09 Å². The van der Waals surface area contributed by atoms with Crippen LogP contribution in [0.1, 0.15) is 27.2 Å². The first kappa shape index (κ1) is 25.0. The van der Waals surface area contributed by atoms with Crippen molar-refractivity contribution in [3.8, 4) is 17.0 Å². The van der Waals surface area contributed by atoms with Crippen LogP contribution in [0, 0.1) is 5.82 Å². The third-order valence-electron chi connectivity index (χ3n) is 4.70. The summed E-state index contributed by atoms with van der Waals surface area (Å²) < 4.78 is 32.1. The van der Waals surface area contributed by atoms with Crippen LogP contribution in [-0.2, 0) is 9.47 Å². The second-order valence-corrected chi connectivity index (χ2v) is 9.54. The van der Waals surface area contributed by atoms with Gasteiger partial charge in [-0.05, 0) is 51.1 Å². The van der Waals surface area contributed by atoms with Crippen molar-refractivity contribution in [1.29, 1.82) is 0 Å². The van der Waals surface area contributed by atoms with E-state index in [1.807, 2.05) is 39.0 Å². The van der Waals surface area contributed by atoms with Crippen molar-refractivity contribution in [1.82, 2.24) is 15.1 Å². The second-order valence-electron chi connectivity index (χ2n) is 8.62. The SMILES string of the molecule is CN(CCOCCCOc1ccc(-c2n[nH]c3cc(Br)ccc23)c(F)c1)C(=O)OC(C)(C)C. The standard InChI is InChI=1S/C24H29BrFN3O4/c1-24(2,3)33-23(30)29(4)10-13-31-11-5-12-32-17-7-9-18(20(26)15-17)22-19-8-6-16(25)14-21(19)27-28-22/h6-9,14-15H,5,10-13H2,1-4H3,(H,27,28). The van der Waals surface area contributed by atoms with Crippen LogP contribution in [0.5, 0.6) is 5.75 Å². The van der Waals surface area contributed by atoms with Crippen LogP contribution in [0.25, 0.3) is 22.2 Å². The molecule has 0 unspecified atom stereocenters. The molecule has 1 N–H and O–H groups in total. The van der Waals surface area contributed by atoms with Crippen LogP contribution >= 0.6 is 15.9 Å². The van der Waals surface area contributed by atoms with Crippen LogP contribution < -0.4 is 4.74 Å². The molecule has 178 valence electrons. The van der Waals surface area contributed by atoms with Crippen molar-refractivity contribution in [2.75, 3.05) is 33.4 Å². The van der Waals surface area contributed by atoms with Gasteiger partial charge in [-0.2, -0.15) is 5.10 Å². The number of nitrogens with one attached hydrogen (secondary N) is 1. The molecule has 0 aliphatic carbocycles. The maximum absolute atomic E-state index is 14.7. The third kappa shape index (κ3) is 7.17. The van der Waals surface area contributed by atoms with Gasteiger partial charge in [0.05, 0.1) is 18.7 Å². The van der Waals surface area contributed by atoms with Crippen LogP contribution in [0.4, 0.5) is 9.18 Å². The van der Waals surface area contributed by atoms with E-state index in [1.54, 1.807) is 19.2 Å². The maximum Gasteiger partial charge on any atom is 0.410 e. The highest BCUT2D eigenvalue weighted by Gasteiger charge is 2.19. The highest BCUT2D eigenvalue weighted by atomic mass is 79.9. The fourth-order valence-corrected chi connectivity index (χ4v) is 3.42. The molecule has 0 aliphatic heterocycles. The van der Waals surface area contributed by atoms with Crippen molar-refractivity contribution in [2.24, 2.45) is 0 Å². The lowest BCUT2D eigenvalue weighted by atomic mass is 10.1. The Labute approximate surface area is 201 Å². The van der Waals surface area contributed by atoms with Crippen molar-refractivity contribution in [2.45, 2.75) is 32.8 Å². The van der Waals surface area contributed by atoms with Crippen molar-refractivity contribution >= 4 is 32.9 Å². The Morgan fingerprint density at radius 1 is 1.15 bits per heavy atom. The molecule has 0 spiro atoms. The highest BCUT2D eigenvalue weighted by molar-refractivity contribution is 9.10. The molecular formula is C24H29BrFN3O4. The number of nitrogens with zero attached hydrogens (tertiary/aromatic N) is 2. The zero-order valence-electron chi connectivity index (χ0n) is 19.3. The molecule has 1 aromatic heterocycles. The molecule has 7 nitrogen and oxygen atoms in total. The Kier molecular flexibility index (Phi) is 8.31. The summed E-state index contributed by atoms with van der Waals surface area (Å²) in [5, 5.41) is 8.04. The molecule has 3 rings (SSSR count). The monoisotopic (exact) mass is 521 g/mol. The first-order chi connectivity index (χ1) is 15.6. The lowest BCUT2D eigenvalue weighted by Crippen LogP contribution is -2.36. The van der Waals surface area contributed by atoms with Gasteiger partial charge in [-0.1, -0.05) is 15.9 Å². The van der Waals surface area contributed by atoms with Gasteiger partial charge in [-0.3, -0.25) is 5.10 Å². The van der Waals surface area contributed by atoms with Gasteiger partial charge in [0.15, 0.2) is 0 Å². The molecule has 0 bridgehead atoms. The molecule has 0 radical (unpaired) electrons. The molecule has 0 fully saturated rings. The van der Waals surface area contributed by atoms with E-state index in [0.717, 1.165) is 15.4 Å². The quantitative estimate of drug-likeness (QED) is 0.361. The summed E-state index contributed by atoms with van der Waals surface area (Å²) in [6.07, 6.45) is 0.258. The van der Waals surface area contributed by atoms with E-state index in [0.29, 0.717) is 49.8 Å².